The number of aryl methyl sites for hydroxylation is 2. The van der Waals surface area contributed by atoms with Crippen molar-refractivity contribution in [3.05, 3.63) is 46.3 Å². The predicted octanol–water partition coefficient (Wildman–Crippen LogP) is 2.95. The van der Waals surface area contributed by atoms with E-state index in [-0.39, 0.29) is 11.2 Å². The summed E-state index contributed by atoms with van der Waals surface area (Å²) in [4.78, 5) is 12.5. The Morgan fingerprint density at radius 2 is 1.79 bits per heavy atom. The topological polar surface area (TPSA) is 58.6 Å². The normalized spacial score (nSPS) is 11.6. The Hall–Kier alpha value is -1.97. The molecule has 19 heavy (non-hydrogen) atoms. The van der Waals surface area contributed by atoms with Gasteiger partial charge in [0.2, 0.25) is 5.78 Å². The summed E-state index contributed by atoms with van der Waals surface area (Å²) in [5.74, 6) is -0.0817. The van der Waals surface area contributed by atoms with E-state index >= 15 is 0 Å². The van der Waals surface area contributed by atoms with Gasteiger partial charge in [0.15, 0.2) is 5.69 Å². The largest absolute Gasteiger partial charge is 0.287 e. The Labute approximate surface area is 113 Å². The lowest BCUT2D eigenvalue weighted by atomic mass is 9.88. The lowest BCUT2D eigenvalue weighted by Gasteiger charge is -2.15. The van der Waals surface area contributed by atoms with Crippen LogP contribution in [0.2, 0.25) is 0 Å². The molecule has 0 fully saturated rings. The molecule has 1 heterocycles. The lowest BCUT2D eigenvalue weighted by molar-refractivity contribution is 0.103. The Bertz CT molecular complexity index is 621. The van der Waals surface area contributed by atoms with Crippen LogP contribution in [0.25, 0.3) is 0 Å². The molecule has 0 radical (unpaired) electrons. The minimum absolute atomic E-state index is 0.0817. The van der Waals surface area contributed by atoms with E-state index in [2.05, 4.69) is 15.4 Å². The van der Waals surface area contributed by atoms with Crippen molar-refractivity contribution in [2.24, 2.45) is 0 Å². The highest BCUT2D eigenvalue weighted by Crippen LogP contribution is 2.24. The summed E-state index contributed by atoms with van der Waals surface area (Å²) < 4.78 is 0. The first-order valence-electron chi connectivity index (χ1n) is 6.34. The summed E-state index contributed by atoms with van der Waals surface area (Å²) in [7, 11) is 0. The number of benzene rings is 1. The lowest BCUT2D eigenvalue weighted by Crippen LogP contribution is -2.17. The van der Waals surface area contributed by atoms with Crippen LogP contribution in [0.1, 0.15) is 53.6 Å². The van der Waals surface area contributed by atoms with Crippen LogP contribution in [0, 0.1) is 13.8 Å². The summed E-state index contributed by atoms with van der Waals surface area (Å²) in [6.07, 6.45) is 0. The van der Waals surface area contributed by atoms with Crippen LogP contribution in [-0.4, -0.2) is 21.2 Å². The van der Waals surface area contributed by atoms with Crippen molar-refractivity contribution < 1.29 is 4.79 Å². The smallest absolute Gasteiger partial charge is 0.215 e. The molecule has 0 aliphatic heterocycles. The second kappa shape index (κ2) is 4.61. The Kier molecular flexibility index (Phi) is 3.27. The van der Waals surface area contributed by atoms with Gasteiger partial charge in [0, 0.05) is 11.0 Å². The van der Waals surface area contributed by atoms with Gasteiger partial charge >= 0.3 is 0 Å². The molecule has 1 N–H and O–H groups in total. The number of H-pyrrole nitrogens is 1. The van der Waals surface area contributed by atoms with Gasteiger partial charge in [-0.05, 0) is 31.0 Å². The number of carbonyl (C=O) groups is 1. The number of hydrogen-bond acceptors (Lipinski definition) is 3. The molecule has 4 heteroatoms. The first-order chi connectivity index (χ1) is 8.80. The van der Waals surface area contributed by atoms with Gasteiger partial charge in [-0.2, -0.15) is 15.4 Å². The van der Waals surface area contributed by atoms with Crippen molar-refractivity contribution in [1.82, 2.24) is 15.4 Å². The second-order valence-electron chi connectivity index (χ2n) is 5.90. The fourth-order valence-electron chi connectivity index (χ4n) is 1.93. The summed E-state index contributed by atoms with van der Waals surface area (Å²) >= 11 is 0. The van der Waals surface area contributed by atoms with E-state index in [1.54, 1.807) is 0 Å². The maximum atomic E-state index is 12.5. The van der Waals surface area contributed by atoms with Crippen molar-refractivity contribution in [1.29, 1.82) is 0 Å². The molecular weight excluding hydrogens is 238 g/mol. The molecule has 0 spiro atoms. The first-order valence-corrected chi connectivity index (χ1v) is 6.34. The quantitative estimate of drug-likeness (QED) is 0.841. The number of aromatic nitrogens is 3. The molecule has 0 saturated carbocycles. The number of ketones is 1. The Balaban J connectivity index is 2.45. The fourth-order valence-corrected chi connectivity index (χ4v) is 1.93. The van der Waals surface area contributed by atoms with E-state index in [0.29, 0.717) is 17.0 Å². The number of nitrogens with one attached hydrogen (secondary N) is 1. The number of carbonyl (C=O) groups excluding carboxylic acids is 1. The van der Waals surface area contributed by atoms with E-state index in [1.165, 1.54) is 5.56 Å². The van der Waals surface area contributed by atoms with Gasteiger partial charge in [0.25, 0.3) is 0 Å². The minimum Gasteiger partial charge on any atom is -0.287 e. The van der Waals surface area contributed by atoms with Gasteiger partial charge in [0.1, 0.15) is 0 Å². The van der Waals surface area contributed by atoms with Crippen LogP contribution in [0.5, 0.6) is 0 Å². The summed E-state index contributed by atoms with van der Waals surface area (Å²) in [6, 6.07) is 5.70. The zero-order chi connectivity index (χ0) is 14.2. The van der Waals surface area contributed by atoms with E-state index in [0.717, 1.165) is 5.56 Å². The van der Waals surface area contributed by atoms with Crippen LogP contribution in [-0.2, 0) is 5.41 Å². The molecule has 0 aliphatic carbocycles. The van der Waals surface area contributed by atoms with Gasteiger partial charge in [-0.1, -0.05) is 32.9 Å². The highest BCUT2D eigenvalue weighted by atomic mass is 16.1. The molecule has 0 atom stereocenters. The van der Waals surface area contributed by atoms with Crippen molar-refractivity contribution in [2.75, 3.05) is 0 Å². The molecule has 0 bridgehead atoms. The van der Waals surface area contributed by atoms with Gasteiger partial charge in [-0.25, -0.2) is 0 Å². The third kappa shape index (κ3) is 2.57. The molecule has 0 saturated heterocycles. The molecule has 4 nitrogen and oxygen atoms in total. The zero-order valence-corrected chi connectivity index (χ0v) is 12.0. The molecule has 2 rings (SSSR count). The highest BCUT2D eigenvalue weighted by Gasteiger charge is 2.27. The van der Waals surface area contributed by atoms with Crippen LogP contribution in [0.15, 0.2) is 18.2 Å². The summed E-state index contributed by atoms with van der Waals surface area (Å²) in [5, 5.41) is 10.7. The molecule has 0 aliphatic rings. The van der Waals surface area contributed by atoms with Crippen molar-refractivity contribution in [3.8, 4) is 0 Å². The SMILES string of the molecule is Cc1ccc(C(=O)c2n[nH]nc2C(C)(C)C)cc1C. The van der Waals surface area contributed by atoms with Gasteiger partial charge in [0.05, 0.1) is 5.69 Å². The predicted molar refractivity (Wildman–Crippen MR) is 74.4 cm³/mol. The summed E-state index contributed by atoms with van der Waals surface area (Å²) in [6.45, 7) is 10.1. The van der Waals surface area contributed by atoms with E-state index in [1.807, 2.05) is 52.8 Å². The average Bonchev–Trinajstić information content (AvgIpc) is 2.80. The Morgan fingerprint density at radius 3 is 2.37 bits per heavy atom. The Morgan fingerprint density at radius 1 is 1.11 bits per heavy atom. The fraction of sp³-hybridized carbons (Fsp3) is 0.400. The van der Waals surface area contributed by atoms with E-state index < -0.39 is 0 Å². The maximum absolute atomic E-state index is 12.5. The molecule has 0 amide bonds. The molecule has 1 aromatic carbocycles. The second-order valence-corrected chi connectivity index (χ2v) is 5.90. The van der Waals surface area contributed by atoms with Crippen molar-refractivity contribution in [3.63, 3.8) is 0 Å². The maximum Gasteiger partial charge on any atom is 0.215 e. The molecular formula is C15H19N3O. The molecule has 100 valence electrons. The number of rotatable bonds is 2. The van der Waals surface area contributed by atoms with Crippen molar-refractivity contribution in [2.45, 2.75) is 40.0 Å². The van der Waals surface area contributed by atoms with Crippen molar-refractivity contribution >= 4 is 5.78 Å². The monoisotopic (exact) mass is 257 g/mol. The molecule has 2 aromatic rings. The van der Waals surface area contributed by atoms with E-state index in [9.17, 15) is 4.79 Å². The third-order valence-corrected chi connectivity index (χ3v) is 3.24. The zero-order valence-electron chi connectivity index (χ0n) is 12.0. The molecule has 0 unspecified atom stereocenters. The number of nitrogens with zero attached hydrogens (tertiary/aromatic N) is 2. The van der Waals surface area contributed by atoms with E-state index in [4.69, 9.17) is 0 Å². The number of hydrogen-bond donors (Lipinski definition) is 1. The average molecular weight is 257 g/mol. The van der Waals surface area contributed by atoms with Crippen LogP contribution < -0.4 is 0 Å². The minimum atomic E-state index is -0.211. The van der Waals surface area contributed by atoms with Crippen LogP contribution >= 0.6 is 0 Å². The molecule has 1 aromatic heterocycles. The van der Waals surface area contributed by atoms with Gasteiger partial charge < -0.3 is 0 Å². The summed E-state index contributed by atoms with van der Waals surface area (Å²) in [5.41, 5.74) is 3.84. The van der Waals surface area contributed by atoms with Gasteiger partial charge in [-0.3, -0.25) is 4.79 Å². The van der Waals surface area contributed by atoms with Crippen LogP contribution in [0.3, 0.4) is 0 Å². The highest BCUT2D eigenvalue weighted by molar-refractivity contribution is 6.08. The third-order valence-electron chi connectivity index (χ3n) is 3.24. The standard InChI is InChI=1S/C15H19N3O/c1-9-6-7-11(8-10(9)2)13(19)12-14(15(3,4)5)17-18-16-12/h6-8H,1-5H3,(H,16,17,18). The van der Waals surface area contributed by atoms with Gasteiger partial charge in [-0.15, -0.1) is 0 Å². The first kappa shape index (κ1) is 13.5. The number of aromatic amines is 1. The van der Waals surface area contributed by atoms with Crippen LogP contribution in [0.4, 0.5) is 0 Å².